The van der Waals surface area contributed by atoms with Crippen LogP contribution in [0, 0.1) is 10.5 Å². The van der Waals surface area contributed by atoms with E-state index in [-0.39, 0.29) is 12.4 Å². The Bertz CT molecular complexity index is 1360. The maximum absolute atomic E-state index is 13.4. The molecule has 1 aliphatic heterocycles. The maximum Gasteiger partial charge on any atom is 0.266 e. The van der Waals surface area contributed by atoms with Crippen LogP contribution in [0.3, 0.4) is 0 Å². The lowest BCUT2D eigenvalue weighted by Gasteiger charge is -2.12. The van der Waals surface area contributed by atoms with Crippen molar-refractivity contribution in [3.8, 4) is 17.2 Å². The molecule has 148 valence electrons. The Kier molecular flexibility index (Phi) is 4.78. The van der Waals surface area contributed by atoms with Gasteiger partial charge in [0.2, 0.25) is 6.79 Å². The Hall–Kier alpha value is -3.13. The van der Waals surface area contributed by atoms with E-state index in [2.05, 4.69) is 22.6 Å². The molecule has 0 bridgehead atoms. The van der Waals surface area contributed by atoms with Gasteiger partial charge >= 0.3 is 0 Å². The fraction of sp³-hybridized carbons (Fsp3) is 0.0833. The van der Waals surface area contributed by atoms with Gasteiger partial charge in [-0.3, -0.25) is 9.36 Å². The molecular weight excluding hydrogens is 491 g/mol. The highest BCUT2D eigenvalue weighted by Crippen LogP contribution is 2.33. The molecule has 30 heavy (non-hydrogen) atoms. The Morgan fingerprint density at radius 3 is 2.60 bits per heavy atom. The van der Waals surface area contributed by atoms with E-state index in [1.54, 1.807) is 4.57 Å². The summed E-state index contributed by atoms with van der Waals surface area (Å²) >= 11 is 2.21. The van der Waals surface area contributed by atoms with E-state index in [1.165, 1.54) is 0 Å². The zero-order chi connectivity index (χ0) is 20.7. The van der Waals surface area contributed by atoms with E-state index in [0.717, 1.165) is 26.1 Å². The Balaban J connectivity index is 1.68. The molecule has 1 aliphatic rings. The van der Waals surface area contributed by atoms with E-state index in [1.807, 2.05) is 79.7 Å². The van der Waals surface area contributed by atoms with E-state index in [0.29, 0.717) is 22.5 Å². The van der Waals surface area contributed by atoms with Gasteiger partial charge in [-0.05, 0) is 83.6 Å². The molecular formula is C24H17IN2O3. The third kappa shape index (κ3) is 3.47. The van der Waals surface area contributed by atoms with Crippen LogP contribution < -0.4 is 15.0 Å². The number of hydrogen-bond acceptors (Lipinski definition) is 4. The molecule has 0 N–H and O–H groups in total. The van der Waals surface area contributed by atoms with Crippen LogP contribution in [0.25, 0.3) is 28.7 Å². The average Bonchev–Trinajstić information content (AvgIpc) is 3.22. The van der Waals surface area contributed by atoms with Crippen molar-refractivity contribution in [3.63, 3.8) is 0 Å². The van der Waals surface area contributed by atoms with Gasteiger partial charge in [-0.25, -0.2) is 4.98 Å². The summed E-state index contributed by atoms with van der Waals surface area (Å²) in [5.41, 5.74) is 3.44. The molecule has 1 aromatic heterocycles. The second-order valence-corrected chi connectivity index (χ2v) is 8.30. The van der Waals surface area contributed by atoms with Crippen LogP contribution in [0.2, 0.25) is 0 Å². The number of fused-ring (bicyclic) bond motifs is 2. The van der Waals surface area contributed by atoms with Gasteiger partial charge in [0.05, 0.1) is 16.6 Å². The number of nitrogens with zero attached hydrogens (tertiary/aromatic N) is 2. The molecule has 3 aromatic carbocycles. The van der Waals surface area contributed by atoms with Crippen molar-refractivity contribution in [2.45, 2.75) is 6.92 Å². The zero-order valence-corrected chi connectivity index (χ0v) is 18.3. The highest BCUT2D eigenvalue weighted by molar-refractivity contribution is 14.1. The third-order valence-electron chi connectivity index (χ3n) is 4.97. The lowest BCUT2D eigenvalue weighted by atomic mass is 10.1. The lowest BCUT2D eigenvalue weighted by Crippen LogP contribution is -2.22. The third-order valence-corrected chi connectivity index (χ3v) is 5.64. The average molecular weight is 508 g/mol. The minimum atomic E-state index is -0.0901. The molecule has 2 heterocycles. The van der Waals surface area contributed by atoms with E-state index in [9.17, 15) is 4.79 Å². The van der Waals surface area contributed by atoms with Gasteiger partial charge in [-0.1, -0.05) is 29.8 Å². The summed E-state index contributed by atoms with van der Waals surface area (Å²) in [6, 6.07) is 19.3. The lowest BCUT2D eigenvalue weighted by molar-refractivity contribution is 0.174. The Morgan fingerprint density at radius 1 is 0.967 bits per heavy atom. The normalized spacial score (nSPS) is 12.7. The van der Waals surface area contributed by atoms with E-state index in [4.69, 9.17) is 14.5 Å². The molecule has 0 atom stereocenters. The molecule has 0 fully saturated rings. The molecule has 0 spiro atoms. The van der Waals surface area contributed by atoms with E-state index >= 15 is 0 Å². The minimum Gasteiger partial charge on any atom is -0.454 e. The number of aryl methyl sites for hydroxylation is 1. The topological polar surface area (TPSA) is 53.4 Å². The van der Waals surface area contributed by atoms with Crippen molar-refractivity contribution < 1.29 is 9.47 Å². The number of halogens is 1. The van der Waals surface area contributed by atoms with Crippen LogP contribution in [0.4, 0.5) is 0 Å². The summed E-state index contributed by atoms with van der Waals surface area (Å²) in [4.78, 5) is 18.2. The van der Waals surface area contributed by atoms with Gasteiger partial charge in [0, 0.05) is 3.57 Å². The fourth-order valence-corrected chi connectivity index (χ4v) is 3.91. The monoisotopic (exact) mass is 508 g/mol. The number of rotatable bonds is 3. The van der Waals surface area contributed by atoms with Gasteiger partial charge in [-0.15, -0.1) is 0 Å². The molecule has 0 unspecified atom stereocenters. The summed E-state index contributed by atoms with van der Waals surface area (Å²) in [6.45, 7) is 2.26. The molecule has 4 aromatic rings. The highest BCUT2D eigenvalue weighted by atomic mass is 127. The second-order valence-electron chi connectivity index (χ2n) is 7.05. The first kappa shape index (κ1) is 18.9. The van der Waals surface area contributed by atoms with Crippen LogP contribution in [0.1, 0.15) is 17.0 Å². The first-order valence-electron chi connectivity index (χ1n) is 9.45. The quantitative estimate of drug-likeness (QED) is 0.357. The number of aromatic nitrogens is 2. The summed E-state index contributed by atoms with van der Waals surface area (Å²) in [6.07, 6.45) is 3.78. The number of ether oxygens (including phenoxy) is 2. The Morgan fingerprint density at radius 2 is 1.77 bits per heavy atom. The largest absolute Gasteiger partial charge is 0.454 e. The van der Waals surface area contributed by atoms with Crippen LogP contribution in [0.5, 0.6) is 11.5 Å². The molecule has 0 aliphatic carbocycles. The molecule has 0 saturated carbocycles. The first-order chi connectivity index (χ1) is 14.6. The Labute approximate surface area is 186 Å². The summed E-state index contributed by atoms with van der Waals surface area (Å²) < 4.78 is 13.5. The predicted octanol–water partition coefficient (Wildman–Crippen LogP) is 5.20. The van der Waals surface area contributed by atoms with Crippen LogP contribution in [-0.2, 0) is 0 Å². The van der Waals surface area contributed by atoms with Crippen molar-refractivity contribution in [1.29, 1.82) is 0 Å². The summed E-state index contributed by atoms with van der Waals surface area (Å²) in [5.74, 6) is 2.02. The summed E-state index contributed by atoms with van der Waals surface area (Å²) in [7, 11) is 0. The minimum absolute atomic E-state index is 0.0901. The number of hydrogen-bond donors (Lipinski definition) is 0. The molecule has 5 nitrogen and oxygen atoms in total. The number of benzene rings is 3. The highest BCUT2D eigenvalue weighted by Gasteiger charge is 2.14. The molecule has 0 radical (unpaired) electrons. The van der Waals surface area contributed by atoms with Crippen molar-refractivity contribution >= 4 is 45.6 Å². The smallest absolute Gasteiger partial charge is 0.266 e. The standard InChI is InChI=1S/C24H17IN2O3/c1-15-2-7-18(8-3-15)27-23(26-20-9-6-17(25)13-19(20)24(27)28)11-5-16-4-10-21-22(12-16)30-14-29-21/h2-13H,14H2,1H3. The predicted molar refractivity (Wildman–Crippen MR) is 126 cm³/mol. The van der Waals surface area contributed by atoms with Crippen LogP contribution in [0.15, 0.2) is 65.5 Å². The van der Waals surface area contributed by atoms with Crippen LogP contribution in [-0.4, -0.2) is 16.3 Å². The van der Waals surface area contributed by atoms with Gasteiger partial charge < -0.3 is 9.47 Å². The van der Waals surface area contributed by atoms with Gasteiger partial charge in [-0.2, -0.15) is 0 Å². The second kappa shape index (κ2) is 7.60. The van der Waals surface area contributed by atoms with Crippen molar-refractivity contribution in [2.24, 2.45) is 0 Å². The van der Waals surface area contributed by atoms with Crippen molar-refractivity contribution in [3.05, 3.63) is 91.5 Å². The van der Waals surface area contributed by atoms with Gasteiger partial charge in [0.25, 0.3) is 5.56 Å². The van der Waals surface area contributed by atoms with E-state index < -0.39 is 0 Å². The van der Waals surface area contributed by atoms with Crippen molar-refractivity contribution in [2.75, 3.05) is 6.79 Å². The molecule has 6 heteroatoms. The molecule has 0 saturated heterocycles. The fourth-order valence-electron chi connectivity index (χ4n) is 3.42. The molecule has 5 rings (SSSR count). The van der Waals surface area contributed by atoms with Crippen LogP contribution >= 0.6 is 22.6 Å². The zero-order valence-electron chi connectivity index (χ0n) is 16.1. The van der Waals surface area contributed by atoms with Crippen molar-refractivity contribution in [1.82, 2.24) is 9.55 Å². The van der Waals surface area contributed by atoms with Gasteiger partial charge in [0.15, 0.2) is 11.5 Å². The maximum atomic E-state index is 13.4. The van der Waals surface area contributed by atoms with Gasteiger partial charge in [0.1, 0.15) is 5.82 Å². The summed E-state index contributed by atoms with van der Waals surface area (Å²) in [5, 5.41) is 0.600. The SMILES string of the molecule is Cc1ccc(-n2c(C=Cc3ccc4c(c3)OCO4)nc3ccc(I)cc3c2=O)cc1. The first-order valence-corrected chi connectivity index (χ1v) is 10.5. The molecule has 0 amide bonds.